The van der Waals surface area contributed by atoms with Crippen molar-refractivity contribution in [2.24, 2.45) is 23.5 Å². The smallest absolute Gasteiger partial charge is 0.306 e. The van der Waals surface area contributed by atoms with E-state index in [9.17, 15) is 4.79 Å². The summed E-state index contributed by atoms with van der Waals surface area (Å²) in [5.41, 5.74) is 5.65. The van der Waals surface area contributed by atoms with Gasteiger partial charge < -0.3 is 10.5 Å². The third-order valence-electron chi connectivity index (χ3n) is 2.83. The summed E-state index contributed by atoms with van der Waals surface area (Å²) < 4.78 is 4.91. The molecule has 14 heavy (non-hydrogen) atoms. The van der Waals surface area contributed by atoms with E-state index in [1.807, 2.05) is 6.92 Å². The first kappa shape index (κ1) is 13.4. The molecule has 0 spiro atoms. The fourth-order valence-electron chi connectivity index (χ4n) is 1.46. The van der Waals surface area contributed by atoms with Crippen LogP contribution in [0.5, 0.6) is 0 Å². The molecule has 0 aliphatic carbocycles. The number of ether oxygens (including phenoxy) is 1. The third-order valence-corrected chi connectivity index (χ3v) is 2.83. The van der Waals surface area contributed by atoms with Gasteiger partial charge in [0, 0.05) is 6.42 Å². The van der Waals surface area contributed by atoms with Gasteiger partial charge >= 0.3 is 5.97 Å². The number of carbonyl (C=O) groups excluding carboxylic acids is 1. The van der Waals surface area contributed by atoms with E-state index in [0.717, 1.165) is 0 Å². The number of esters is 1. The van der Waals surface area contributed by atoms with Crippen LogP contribution in [0.4, 0.5) is 0 Å². The predicted molar refractivity (Wildman–Crippen MR) is 57.8 cm³/mol. The number of hydrogen-bond donors (Lipinski definition) is 1. The molecule has 0 radical (unpaired) electrons. The zero-order valence-electron chi connectivity index (χ0n) is 9.75. The molecular weight excluding hydrogens is 178 g/mol. The zero-order chi connectivity index (χ0) is 11.1. The van der Waals surface area contributed by atoms with E-state index in [2.05, 4.69) is 20.8 Å². The highest BCUT2D eigenvalue weighted by Crippen LogP contribution is 2.22. The topological polar surface area (TPSA) is 52.3 Å². The monoisotopic (exact) mass is 201 g/mol. The molecule has 0 amide bonds. The van der Waals surface area contributed by atoms with Gasteiger partial charge in [0.2, 0.25) is 0 Å². The summed E-state index contributed by atoms with van der Waals surface area (Å²) in [5.74, 6) is 1.13. The van der Waals surface area contributed by atoms with Gasteiger partial charge in [-0.15, -0.1) is 0 Å². The lowest BCUT2D eigenvalue weighted by Gasteiger charge is -2.24. The van der Waals surface area contributed by atoms with Crippen LogP contribution >= 0.6 is 0 Å². The fraction of sp³-hybridized carbons (Fsp3) is 0.909. The minimum absolute atomic E-state index is 0.129. The Morgan fingerprint density at radius 2 is 1.93 bits per heavy atom. The Morgan fingerprint density at radius 3 is 2.29 bits per heavy atom. The third kappa shape index (κ3) is 4.61. The van der Waals surface area contributed by atoms with Gasteiger partial charge in [-0.25, -0.2) is 0 Å². The first-order valence-electron chi connectivity index (χ1n) is 5.38. The lowest BCUT2D eigenvalue weighted by atomic mass is 9.83. The Bertz CT molecular complexity index is 169. The van der Waals surface area contributed by atoms with Crippen LogP contribution in [-0.2, 0) is 9.53 Å². The molecule has 0 fully saturated rings. The first-order chi connectivity index (χ1) is 6.52. The van der Waals surface area contributed by atoms with Gasteiger partial charge in [-0.3, -0.25) is 4.79 Å². The van der Waals surface area contributed by atoms with Crippen molar-refractivity contribution >= 4 is 5.97 Å². The fourth-order valence-corrected chi connectivity index (χ4v) is 1.46. The second-order valence-electron chi connectivity index (χ2n) is 4.11. The molecule has 2 atom stereocenters. The maximum atomic E-state index is 11.3. The zero-order valence-corrected chi connectivity index (χ0v) is 9.75. The molecule has 3 nitrogen and oxygen atoms in total. The average molecular weight is 201 g/mol. The Hall–Kier alpha value is -0.570. The molecule has 0 unspecified atom stereocenters. The molecule has 2 N–H and O–H groups in total. The number of nitrogens with two attached hydrogens (primary N) is 1. The van der Waals surface area contributed by atoms with Crippen molar-refractivity contribution in [3.05, 3.63) is 0 Å². The van der Waals surface area contributed by atoms with Gasteiger partial charge in [0.1, 0.15) is 0 Å². The predicted octanol–water partition coefficient (Wildman–Crippen LogP) is 1.81. The SMILES string of the molecule is CCOC(=O)C[C@@H](CN)[C@H](C)C(C)C. The van der Waals surface area contributed by atoms with Gasteiger partial charge in [0.25, 0.3) is 0 Å². The molecule has 0 aliphatic heterocycles. The molecule has 84 valence electrons. The van der Waals surface area contributed by atoms with Crippen LogP contribution in [0.25, 0.3) is 0 Å². The molecule has 0 aliphatic rings. The number of rotatable bonds is 6. The maximum Gasteiger partial charge on any atom is 0.306 e. The van der Waals surface area contributed by atoms with E-state index in [1.165, 1.54) is 0 Å². The molecule has 0 saturated heterocycles. The molecular formula is C11H23NO2. The second kappa shape index (κ2) is 6.82. The minimum Gasteiger partial charge on any atom is -0.466 e. The summed E-state index contributed by atoms with van der Waals surface area (Å²) in [6.07, 6.45) is 0.448. The van der Waals surface area contributed by atoms with Crippen LogP contribution in [-0.4, -0.2) is 19.1 Å². The van der Waals surface area contributed by atoms with E-state index in [0.29, 0.717) is 31.4 Å². The Morgan fingerprint density at radius 1 is 1.36 bits per heavy atom. The quantitative estimate of drug-likeness (QED) is 0.667. The van der Waals surface area contributed by atoms with Crippen LogP contribution in [0, 0.1) is 17.8 Å². The lowest BCUT2D eigenvalue weighted by molar-refractivity contribution is -0.144. The van der Waals surface area contributed by atoms with Gasteiger partial charge in [-0.1, -0.05) is 20.8 Å². The second-order valence-corrected chi connectivity index (χ2v) is 4.11. The highest BCUT2D eigenvalue weighted by molar-refractivity contribution is 5.69. The summed E-state index contributed by atoms with van der Waals surface area (Å²) in [7, 11) is 0. The Balaban J connectivity index is 4.08. The maximum absolute atomic E-state index is 11.3. The van der Waals surface area contributed by atoms with Crippen LogP contribution < -0.4 is 5.73 Å². The molecule has 0 heterocycles. The Labute approximate surface area is 87.0 Å². The molecule has 0 aromatic carbocycles. The van der Waals surface area contributed by atoms with Crippen LogP contribution in [0.2, 0.25) is 0 Å². The van der Waals surface area contributed by atoms with Crippen molar-refractivity contribution in [3.63, 3.8) is 0 Å². The van der Waals surface area contributed by atoms with Crippen LogP contribution in [0.3, 0.4) is 0 Å². The summed E-state index contributed by atoms with van der Waals surface area (Å²) in [4.78, 5) is 11.3. The highest BCUT2D eigenvalue weighted by atomic mass is 16.5. The molecule has 0 saturated carbocycles. The average Bonchev–Trinajstić information content (AvgIpc) is 2.13. The molecule has 0 rings (SSSR count). The summed E-state index contributed by atoms with van der Waals surface area (Å²) in [6.45, 7) is 9.27. The van der Waals surface area contributed by atoms with E-state index in [1.54, 1.807) is 0 Å². The standard InChI is InChI=1S/C11H23NO2/c1-5-14-11(13)6-10(7-12)9(4)8(2)3/h8-10H,5-7,12H2,1-4H3/t9-,10+/m1/s1. The van der Waals surface area contributed by atoms with Crippen molar-refractivity contribution < 1.29 is 9.53 Å². The van der Waals surface area contributed by atoms with Crippen LogP contribution in [0.1, 0.15) is 34.1 Å². The first-order valence-corrected chi connectivity index (χ1v) is 5.38. The summed E-state index contributed by atoms with van der Waals surface area (Å²) >= 11 is 0. The van der Waals surface area contributed by atoms with E-state index < -0.39 is 0 Å². The van der Waals surface area contributed by atoms with Crippen molar-refractivity contribution in [1.82, 2.24) is 0 Å². The lowest BCUT2D eigenvalue weighted by Crippen LogP contribution is -2.28. The summed E-state index contributed by atoms with van der Waals surface area (Å²) in [6, 6.07) is 0. The largest absolute Gasteiger partial charge is 0.466 e. The van der Waals surface area contributed by atoms with Gasteiger partial charge in [-0.2, -0.15) is 0 Å². The highest BCUT2D eigenvalue weighted by Gasteiger charge is 2.22. The number of carbonyl (C=O) groups is 1. The van der Waals surface area contributed by atoms with Crippen molar-refractivity contribution in [2.75, 3.05) is 13.2 Å². The number of hydrogen-bond acceptors (Lipinski definition) is 3. The van der Waals surface area contributed by atoms with Crippen molar-refractivity contribution in [2.45, 2.75) is 34.1 Å². The van der Waals surface area contributed by atoms with Gasteiger partial charge in [0.05, 0.1) is 6.61 Å². The van der Waals surface area contributed by atoms with Gasteiger partial charge in [-0.05, 0) is 31.2 Å². The molecule has 0 bridgehead atoms. The van der Waals surface area contributed by atoms with E-state index >= 15 is 0 Å². The van der Waals surface area contributed by atoms with E-state index in [-0.39, 0.29) is 11.9 Å². The van der Waals surface area contributed by atoms with Crippen molar-refractivity contribution in [1.29, 1.82) is 0 Å². The molecule has 0 aromatic heterocycles. The summed E-state index contributed by atoms with van der Waals surface area (Å²) in [5, 5.41) is 0. The molecule has 3 heteroatoms. The van der Waals surface area contributed by atoms with Crippen LogP contribution in [0.15, 0.2) is 0 Å². The molecule has 0 aromatic rings. The van der Waals surface area contributed by atoms with Gasteiger partial charge in [0.15, 0.2) is 0 Å². The van der Waals surface area contributed by atoms with E-state index in [4.69, 9.17) is 10.5 Å². The van der Waals surface area contributed by atoms with Crippen molar-refractivity contribution in [3.8, 4) is 0 Å². The Kier molecular flexibility index (Phi) is 6.54. The normalized spacial score (nSPS) is 15.3. The minimum atomic E-state index is -0.129.